The molecule has 2 heteroatoms. The van der Waals surface area contributed by atoms with Gasteiger partial charge < -0.3 is 5.32 Å². The normalized spacial score (nSPS) is 31.8. The predicted molar refractivity (Wildman–Crippen MR) is 71.6 cm³/mol. The van der Waals surface area contributed by atoms with Gasteiger partial charge in [0.1, 0.15) is 5.82 Å². The Hall–Kier alpha value is -0.890. The molecule has 4 atom stereocenters. The van der Waals surface area contributed by atoms with E-state index in [4.69, 9.17) is 0 Å². The number of halogens is 1. The second-order valence-corrected chi connectivity index (χ2v) is 6.13. The molecule has 2 aliphatic rings. The quantitative estimate of drug-likeness (QED) is 0.854. The van der Waals surface area contributed by atoms with Crippen LogP contribution in [0.15, 0.2) is 24.3 Å². The van der Waals surface area contributed by atoms with Gasteiger partial charge in [0.15, 0.2) is 0 Å². The highest BCUT2D eigenvalue weighted by Gasteiger charge is 2.41. The smallest absolute Gasteiger partial charge is 0.123 e. The molecule has 1 nitrogen and oxygen atoms in total. The predicted octanol–water partition coefficient (Wildman–Crippen LogP) is 3.74. The first-order valence-corrected chi connectivity index (χ1v) is 7.20. The Morgan fingerprint density at radius 2 is 2.00 bits per heavy atom. The number of benzene rings is 1. The summed E-state index contributed by atoms with van der Waals surface area (Å²) in [6.45, 7) is 3.17. The first-order valence-electron chi connectivity index (χ1n) is 7.20. The van der Waals surface area contributed by atoms with Crippen molar-refractivity contribution in [1.82, 2.24) is 5.32 Å². The summed E-state index contributed by atoms with van der Waals surface area (Å²) in [6, 6.07) is 7.41. The SMILES string of the molecule is CC(NCc1ccc(F)cc1)C1CC2CCC1C2. The van der Waals surface area contributed by atoms with Gasteiger partial charge in [0.2, 0.25) is 0 Å². The number of hydrogen-bond donors (Lipinski definition) is 1. The van der Waals surface area contributed by atoms with Gasteiger partial charge in [-0.05, 0) is 61.6 Å². The molecule has 4 unspecified atom stereocenters. The monoisotopic (exact) mass is 247 g/mol. The van der Waals surface area contributed by atoms with Crippen LogP contribution in [-0.4, -0.2) is 6.04 Å². The zero-order valence-electron chi connectivity index (χ0n) is 11.0. The van der Waals surface area contributed by atoms with Crippen molar-refractivity contribution in [1.29, 1.82) is 0 Å². The van der Waals surface area contributed by atoms with Crippen molar-refractivity contribution in [2.75, 3.05) is 0 Å². The highest BCUT2D eigenvalue weighted by molar-refractivity contribution is 5.15. The molecule has 1 aromatic rings. The highest BCUT2D eigenvalue weighted by atomic mass is 19.1. The van der Waals surface area contributed by atoms with Crippen LogP contribution in [0.3, 0.4) is 0 Å². The summed E-state index contributed by atoms with van der Waals surface area (Å²) in [5, 5.41) is 3.62. The van der Waals surface area contributed by atoms with Gasteiger partial charge in [0.25, 0.3) is 0 Å². The van der Waals surface area contributed by atoms with Crippen molar-refractivity contribution in [3.05, 3.63) is 35.6 Å². The molecule has 0 heterocycles. The van der Waals surface area contributed by atoms with Gasteiger partial charge in [-0.25, -0.2) is 4.39 Å². The number of hydrogen-bond acceptors (Lipinski definition) is 1. The average molecular weight is 247 g/mol. The van der Waals surface area contributed by atoms with Gasteiger partial charge in [-0.2, -0.15) is 0 Å². The van der Waals surface area contributed by atoms with Crippen molar-refractivity contribution < 1.29 is 4.39 Å². The molecule has 1 aromatic carbocycles. The molecule has 1 N–H and O–H groups in total. The fraction of sp³-hybridized carbons (Fsp3) is 0.625. The molecule has 2 saturated carbocycles. The molecule has 0 radical (unpaired) electrons. The van der Waals surface area contributed by atoms with Gasteiger partial charge >= 0.3 is 0 Å². The van der Waals surface area contributed by atoms with Gasteiger partial charge in [0, 0.05) is 12.6 Å². The topological polar surface area (TPSA) is 12.0 Å². The maximum atomic E-state index is 12.8. The molecule has 2 fully saturated rings. The highest BCUT2D eigenvalue weighted by Crippen LogP contribution is 2.49. The fourth-order valence-electron chi connectivity index (χ4n) is 3.94. The molecule has 2 bridgehead atoms. The molecule has 3 rings (SSSR count). The number of rotatable bonds is 4. The minimum absolute atomic E-state index is 0.153. The first-order chi connectivity index (χ1) is 8.72. The van der Waals surface area contributed by atoms with E-state index in [-0.39, 0.29) is 5.82 Å². The van der Waals surface area contributed by atoms with Crippen LogP contribution in [-0.2, 0) is 6.54 Å². The third-order valence-corrected chi connectivity index (χ3v) is 4.98. The lowest BCUT2D eigenvalue weighted by Crippen LogP contribution is -2.35. The van der Waals surface area contributed by atoms with Gasteiger partial charge in [-0.3, -0.25) is 0 Å². The van der Waals surface area contributed by atoms with Gasteiger partial charge in [0.05, 0.1) is 0 Å². The van der Waals surface area contributed by atoms with E-state index in [1.54, 1.807) is 12.1 Å². The Kier molecular flexibility index (Phi) is 3.38. The lowest BCUT2D eigenvalue weighted by atomic mass is 9.84. The third kappa shape index (κ3) is 2.44. The summed E-state index contributed by atoms with van der Waals surface area (Å²) >= 11 is 0. The minimum Gasteiger partial charge on any atom is -0.310 e. The Balaban J connectivity index is 1.52. The van der Waals surface area contributed by atoms with Crippen LogP contribution >= 0.6 is 0 Å². The summed E-state index contributed by atoms with van der Waals surface area (Å²) in [6.07, 6.45) is 5.79. The van der Waals surface area contributed by atoms with Crippen LogP contribution in [0, 0.1) is 23.6 Å². The Morgan fingerprint density at radius 1 is 1.22 bits per heavy atom. The minimum atomic E-state index is -0.153. The van der Waals surface area contributed by atoms with E-state index in [1.165, 1.54) is 31.2 Å². The summed E-state index contributed by atoms with van der Waals surface area (Å²) in [7, 11) is 0. The molecule has 0 aliphatic heterocycles. The number of nitrogens with one attached hydrogen (secondary N) is 1. The molecule has 2 aliphatic carbocycles. The van der Waals surface area contributed by atoms with E-state index in [2.05, 4.69) is 12.2 Å². The van der Waals surface area contributed by atoms with Crippen LogP contribution in [0.4, 0.5) is 4.39 Å². The van der Waals surface area contributed by atoms with E-state index in [9.17, 15) is 4.39 Å². The maximum absolute atomic E-state index is 12.8. The van der Waals surface area contributed by atoms with E-state index in [1.807, 2.05) is 12.1 Å². The van der Waals surface area contributed by atoms with E-state index >= 15 is 0 Å². The fourth-order valence-corrected chi connectivity index (χ4v) is 3.94. The third-order valence-electron chi connectivity index (χ3n) is 4.98. The van der Waals surface area contributed by atoms with E-state index < -0.39 is 0 Å². The number of fused-ring (bicyclic) bond motifs is 2. The first kappa shape index (κ1) is 12.2. The molecule has 98 valence electrons. The zero-order chi connectivity index (χ0) is 12.5. The molecule has 0 spiro atoms. The zero-order valence-corrected chi connectivity index (χ0v) is 11.0. The van der Waals surface area contributed by atoms with Crippen LogP contribution in [0.2, 0.25) is 0 Å². The lowest BCUT2D eigenvalue weighted by Gasteiger charge is -2.28. The van der Waals surface area contributed by atoms with Gasteiger partial charge in [-0.15, -0.1) is 0 Å². The summed E-state index contributed by atoms with van der Waals surface area (Å²) in [4.78, 5) is 0. The standard InChI is InChI=1S/C16H22FN/c1-11(16-9-13-2-5-14(16)8-13)18-10-12-3-6-15(17)7-4-12/h3-4,6-7,11,13-14,16,18H,2,5,8-10H2,1H3. The summed E-state index contributed by atoms with van der Waals surface area (Å²) < 4.78 is 12.8. The van der Waals surface area contributed by atoms with Crippen molar-refractivity contribution >= 4 is 0 Å². The molecule has 0 amide bonds. The second kappa shape index (κ2) is 5.00. The Morgan fingerprint density at radius 3 is 2.61 bits per heavy atom. The molecular weight excluding hydrogens is 225 g/mol. The van der Waals surface area contributed by atoms with E-state index in [0.717, 1.165) is 24.3 Å². The van der Waals surface area contributed by atoms with Crippen LogP contribution in [0.1, 0.15) is 38.2 Å². The summed E-state index contributed by atoms with van der Waals surface area (Å²) in [5.74, 6) is 2.69. The van der Waals surface area contributed by atoms with Crippen molar-refractivity contribution in [2.45, 2.75) is 45.2 Å². The molecular formula is C16H22FN. The molecule has 18 heavy (non-hydrogen) atoms. The van der Waals surface area contributed by atoms with Gasteiger partial charge in [-0.1, -0.05) is 18.6 Å². The van der Waals surface area contributed by atoms with Crippen molar-refractivity contribution in [2.24, 2.45) is 17.8 Å². The maximum Gasteiger partial charge on any atom is 0.123 e. The molecule has 0 aromatic heterocycles. The van der Waals surface area contributed by atoms with Crippen molar-refractivity contribution in [3.63, 3.8) is 0 Å². The van der Waals surface area contributed by atoms with Crippen molar-refractivity contribution in [3.8, 4) is 0 Å². The summed E-state index contributed by atoms with van der Waals surface area (Å²) in [5.41, 5.74) is 1.17. The van der Waals surface area contributed by atoms with Crippen LogP contribution in [0.5, 0.6) is 0 Å². The Bertz CT molecular complexity index is 400. The van der Waals surface area contributed by atoms with E-state index in [0.29, 0.717) is 6.04 Å². The average Bonchev–Trinajstić information content (AvgIpc) is 3.00. The molecule has 0 saturated heterocycles. The van der Waals surface area contributed by atoms with Crippen LogP contribution < -0.4 is 5.32 Å². The van der Waals surface area contributed by atoms with Crippen LogP contribution in [0.25, 0.3) is 0 Å². The Labute approximate surface area is 109 Å². The lowest BCUT2D eigenvalue weighted by molar-refractivity contribution is 0.259. The second-order valence-electron chi connectivity index (χ2n) is 6.13. The largest absolute Gasteiger partial charge is 0.310 e.